The molecule has 5 nitrogen and oxygen atoms in total. The number of alkyl halides is 2. The van der Waals surface area contributed by atoms with Crippen molar-refractivity contribution in [2.75, 3.05) is 26.8 Å². The van der Waals surface area contributed by atoms with Crippen molar-refractivity contribution in [3.63, 3.8) is 0 Å². The molecule has 0 radical (unpaired) electrons. The molecule has 1 rings (SSSR count). The summed E-state index contributed by atoms with van der Waals surface area (Å²) in [6.45, 7) is -0.613. The predicted octanol–water partition coefficient (Wildman–Crippen LogP) is 0.701. The van der Waals surface area contributed by atoms with Crippen LogP contribution in [0.3, 0.4) is 0 Å². The molecule has 0 aliphatic heterocycles. The quantitative estimate of drug-likeness (QED) is 0.760. The molecule has 1 aromatic heterocycles. The largest absolute Gasteiger partial charge is 0.396 e. The van der Waals surface area contributed by atoms with Gasteiger partial charge in [0.1, 0.15) is 5.82 Å². The molecule has 1 heterocycles. The molecule has 7 heteroatoms. The molecule has 0 aliphatic rings. The van der Waals surface area contributed by atoms with Gasteiger partial charge in [-0.05, 0) is 7.05 Å². The van der Waals surface area contributed by atoms with Gasteiger partial charge in [-0.15, -0.1) is 0 Å². The van der Waals surface area contributed by atoms with Gasteiger partial charge >= 0.3 is 6.55 Å². The molecule has 0 bridgehead atoms. The topological polar surface area (TPSA) is 61.5 Å². The van der Waals surface area contributed by atoms with Gasteiger partial charge in [0.2, 0.25) is 0 Å². The van der Waals surface area contributed by atoms with E-state index in [0.717, 1.165) is 4.57 Å². The van der Waals surface area contributed by atoms with E-state index < -0.39 is 12.0 Å². The first-order chi connectivity index (χ1) is 8.41. The van der Waals surface area contributed by atoms with Crippen molar-refractivity contribution in [3.05, 3.63) is 18.2 Å². The third-order valence-corrected chi connectivity index (χ3v) is 2.79. The summed E-state index contributed by atoms with van der Waals surface area (Å²) in [5.74, 6) is 0.255. The Morgan fingerprint density at radius 2 is 2.06 bits per heavy atom. The van der Waals surface area contributed by atoms with E-state index in [0.29, 0.717) is 6.54 Å². The molecule has 0 atom stereocenters. The summed E-state index contributed by atoms with van der Waals surface area (Å²) in [7, 11) is 1.73. The van der Waals surface area contributed by atoms with Crippen LogP contribution in [0.5, 0.6) is 0 Å². The van der Waals surface area contributed by atoms with Gasteiger partial charge in [0.15, 0.2) is 0 Å². The van der Waals surface area contributed by atoms with E-state index in [9.17, 15) is 19.0 Å². The second kappa shape index (κ2) is 6.21. The first-order valence-corrected chi connectivity index (χ1v) is 5.62. The number of hydrogen-bond acceptors (Lipinski definition) is 4. The molecule has 0 aromatic carbocycles. The Hall–Kier alpha value is -1.05. The number of aliphatic hydroxyl groups excluding tert-OH is 2. The monoisotopic (exact) mass is 263 g/mol. The normalized spacial score (nSPS) is 12.7. The maximum Gasteiger partial charge on any atom is 0.319 e. The van der Waals surface area contributed by atoms with Crippen molar-refractivity contribution in [2.24, 2.45) is 5.41 Å². The number of rotatable bonds is 7. The van der Waals surface area contributed by atoms with Crippen LogP contribution in [-0.4, -0.2) is 51.5 Å². The molecule has 0 saturated heterocycles. The van der Waals surface area contributed by atoms with Crippen molar-refractivity contribution in [3.8, 4) is 0 Å². The molecule has 0 amide bonds. The Morgan fingerprint density at radius 3 is 2.56 bits per heavy atom. The van der Waals surface area contributed by atoms with Crippen LogP contribution >= 0.6 is 0 Å². The average molecular weight is 263 g/mol. The molecule has 0 saturated carbocycles. The molecule has 0 spiro atoms. The second-order valence-electron chi connectivity index (χ2n) is 4.83. The van der Waals surface area contributed by atoms with Gasteiger partial charge in [-0.2, -0.15) is 8.78 Å². The van der Waals surface area contributed by atoms with Crippen LogP contribution in [0.1, 0.15) is 19.3 Å². The molecule has 1 aromatic rings. The molecular weight excluding hydrogens is 244 g/mol. The number of aliphatic hydroxyl groups is 2. The fourth-order valence-electron chi connectivity index (χ4n) is 1.74. The molecule has 0 fully saturated rings. The summed E-state index contributed by atoms with van der Waals surface area (Å²) < 4.78 is 26.0. The van der Waals surface area contributed by atoms with Crippen LogP contribution in [-0.2, 0) is 6.54 Å². The van der Waals surface area contributed by atoms with Crippen molar-refractivity contribution in [2.45, 2.75) is 20.0 Å². The van der Waals surface area contributed by atoms with Crippen LogP contribution in [0.2, 0.25) is 0 Å². The lowest BCUT2D eigenvalue weighted by molar-refractivity contribution is 0.0354. The van der Waals surface area contributed by atoms with Crippen LogP contribution in [0.15, 0.2) is 12.4 Å². The highest BCUT2D eigenvalue weighted by atomic mass is 19.3. The maximum absolute atomic E-state index is 12.6. The molecular formula is C11H19F2N3O2. The van der Waals surface area contributed by atoms with Gasteiger partial charge in [0.05, 0.1) is 19.8 Å². The predicted molar refractivity (Wildman–Crippen MR) is 62.1 cm³/mol. The van der Waals surface area contributed by atoms with E-state index in [-0.39, 0.29) is 25.6 Å². The van der Waals surface area contributed by atoms with Crippen LogP contribution in [0, 0.1) is 5.41 Å². The Labute approximate surface area is 105 Å². The van der Waals surface area contributed by atoms with E-state index in [1.54, 1.807) is 18.9 Å². The lowest BCUT2D eigenvalue weighted by atomic mass is 9.92. The maximum atomic E-state index is 12.6. The van der Waals surface area contributed by atoms with Crippen molar-refractivity contribution in [1.82, 2.24) is 14.5 Å². The molecule has 2 N–H and O–H groups in total. The Bertz CT molecular complexity index is 367. The second-order valence-corrected chi connectivity index (χ2v) is 4.83. The van der Waals surface area contributed by atoms with Gasteiger partial charge in [0.25, 0.3) is 0 Å². The first-order valence-electron chi connectivity index (χ1n) is 5.62. The zero-order valence-electron chi connectivity index (χ0n) is 10.6. The number of nitrogens with zero attached hydrogens (tertiary/aromatic N) is 3. The summed E-state index contributed by atoms with van der Waals surface area (Å²) >= 11 is 0. The molecule has 18 heavy (non-hydrogen) atoms. The summed E-state index contributed by atoms with van der Waals surface area (Å²) in [6, 6.07) is 0. The summed E-state index contributed by atoms with van der Waals surface area (Å²) in [6.07, 6.45) is 2.55. The number of hydrogen-bond donors (Lipinski definition) is 2. The van der Waals surface area contributed by atoms with Crippen LogP contribution in [0.25, 0.3) is 0 Å². The third kappa shape index (κ3) is 3.72. The van der Waals surface area contributed by atoms with Gasteiger partial charge in [0, 0.05) is 24.4 Å². The van der Waals surface area contributed by atoms with Gasteiger partial charge in [-0.25, -0.2) is 4.98 Å². The number of halogens is 2. The number of imidazole rings is 1. The highest BCUT2D eigenvalue weighted by Crippen LogP contribution is 2.18. The van der Waals surface area contributed by atoms with E-state index in [1.807, 2.05) is 0 Å². The zero-order chi connectivity index (χ0) is 13.8. The summed E-state index contributed by atoms with van der Waals surface area (Å²) in [5.41, 5.74) is -0.656. The van der Waals surface area contributed by atoms with Gasteiger partial charge in [-0.1, -0.05) is 6.92 Å². The van der Waals surface area contributed by atoms with E-state index >= 15 is 0 Å². The van der Waals surface area contributed by atoms with E-state index in [1.165, 1.54) is 12.4 Å². The third-order valence-electron chi connectivity index (χ3n) is 2.79. The lowest BCUT2D eigenvalue weighted by Gasteiger charge is -2.30. The van der Waals surface area contributed by atoms with Crippen LogP contribution < -0.4 is 0 Å². The molecule has 104 valence electrons. The molecule has 0 aliphatic carbocycles. The van der Waals surface area contributed by atoms with Gasteiger partial charge in [-0.3, -0.25) is 9.47 Å². The summed E-state index contributed by atoms with van der Waals surface area (Å²) in [4.78, 5) is 5.62. The minimum atomic E-state index is -2.61. The average Bonchev–Trinajstić information content (AvgIpc) is 2.76. The van der Waals surface area contributed by atoms with Gasteiger partial charge < -0.3 is 10.2 Å². The fraction of sp³-hybridized carbons (Fsp3) is 0.727. The number of aromatic nitrogens is 2. The van der Waals surface area contributed by atoms with Crippen molar-refractivity contribution in [1.29, 1.82) is 0 Å². The van der Waals surface area contributed by atoms with Crippen LogP contribution in [0.4, 0.5) is 8.78 Å². The zero-order valence-corrected chi connectivity index (χ0v) is 10.6. The minimum Gasteiger partial charge on any atom is -0.396 e. The first kappa shape index (κ1) is 15.0. The smallest absolute Gasteiger partial charge is 0.319 e. The SMILES string of the molecule is CN(Cc1nccn1C(F)F)CC(C)(CO)CO. The summed E-state index contributed by atoms with van der Waals surface area (Å²) in [5, 5.41) is 18.4. The Morgan fingerprint density at radius 1 is 1.44 bits per heavy atom. The Kier molecular flexibility index (Phi) is 5.18. The fourth-order valence-corrected chi connectivity index (χ4v) is 1.74. The van der Waals surface area contributed by atoms with Crippen molar-refractivity contribution >= 4 is 0 Å². The Balaban J connectivity index is 2.64. The van der Waals surface area contributed by atoms with E-state index in [4.69, 9.17) is 0 Å². The minimum absolute atomic E-state index is 0.170. The lowest BCUT2D eigenvalue weighted by Crippen LogP contribution is -2.39. The molecule has 0 unspecified atom stereocenters. The standard InChI is InChI=1S/C11H19F2N3O2/c1-11(7-17,8-18)6-15(2)5-9-14-3-4-16(9)10(12)13/h3-4,10,17-18H,5-8H2,1-2H3. The highest BCUT2D eigenvalue weighted by molar-refractivity contribution is 4.93. The highest BCUT2D eigenvalue weighted by Gasteiger charge is 2.25. The van der Waals surface area contributed by atoms with Crippen molar-refractivity contribution < 1.29 is 19.0 Å². The van der Waals surface area contributed by atoms with E-state index in [2.05, 4.69) is 4.98 Å².